The predicted octanol–water partition coefficient (Wildman–Crippen LogP) is 4.14. The number of benzene rings is 1. The van der Waals surface area contributed by atoms with Crippen molar-refractivity contribution in [3.05, 3.63) is 56.7 Å². The SMILES string of the molecule is Cc1cc(C=C2SC(=S)N(CC(=O)O)C2=O)c(C)n1-c1ccc(Br)cc1. The summed E-state index contributed by atoms with van der Waals surface area (Å²) in [5, 5.41) is 8.93. The summed E-state index contributed by atoms with van der Waals surface area (Å²) < 4.78 is 3.38. The molecule has 1 N–H and O–H groups in total. The normalized spacial score (nSPS) is 16.0. The van der Waals surface area contributed by atoms with Crippen molar-refractivity contribution >= 4 is 62.2 Å². The standard InChI is InChI=1S/C18H15BrN2O3S2/c1-10-7-12(11(2)21(10)14-5-3-13(19)4-6-14)8-15-17(24)20(9-16(22)23)18(25)26-15/h3-8H,9H2,1-2H3,(H,22,23). The van der Waals surface area contributed by atoms with Gasteiger partial charge in [0.15, 0.2) is 0 Å². The summed E-state index contributed by atoms with van der Waals surface area (Å²) in [4.78, 5) is 24.9. The van der Waals surface area contributed by atoms with Crippen molar-refractivity contribution in [1.82, 2.24) is 9.47 Å². The molecule has 1 aromatic carbocycles. The second kappa shape index (κ2) is 7.38. The number of carboxylic acid groups (broad SMARTS) is 1. The summed E-state index contributed by atoms with van der Waals surface area (Å²) in [6.45, 7) is 3.57. The van der Waals surface area contributed by atoms with Gasteiger partial charge in [-0.15, -0.1) is 0 Å². The van der Waals surface area contributed by atoms with E-state index in [0.29, 0.717) is 4.91 Å². The number of rotatable bonds is 4. The molecule has 3 rings (SSSR count). The lowest BCUT2D eigenvalue weighted by atomic mass is 10.2. The van der Waals surface area contributed by atoms with Gasteiger partial charge < -0.3 is 9.67 Å². The number of nitrogens with zero attached hydrogens (tertiary/aromatic N) is 2. The second-order valence-electron chi connectivity index (χ2n) is 5.80. The van der Waals surface area contributed by atoms with Crippen LogP contribution < -0.4 is 0 Å². The zero-order valence-electron chi connectivity index (χ0n) is 14.0. The number of aliphatic carboxylic acids is 1. The van der Waals surface area contributed by atoms with Gasteiger partial charge in [0, 0.05) is 21.5 Å². The smallest absolute Gasteiger partial charge is 0.323 e. The highest BCUT2D eigenvalue weighted by molar-refractivity contribution is 9.10. The molecule has 5 nitrogen and oxygen atoms in total. The number of amides is 1. The number of carboxylic acids is 1. The maximum atomic E-state index is 12.4. The number of carbonyl (C=O) groups is 2. The fourth-order valence-electron chi connectivity index (χ4n) is 2.83. The molecule has 1 aliphatic heterocycles. The topological polar surface area (TPSA) is 62.5 Å². The summed E-state index contributed by atoms with van der Waals surface area (Å²) in [5.74, 6) is -1.45. The van der Waals surface area contributed by atoms with E-state index in [1.54, 1.807) is 6.08 Å². The number of aromatic nitrogens is 1. The molecule has 1 fully saturated rings. The Morgan fingerprint density at radius 3 is 2.58 bits per heavy atom. The average Bonchev–Trinajstić information content (AvgIpc) is 2.99. The van der Waals surface area contributed by atoms with Gasteiger partial charge in [0.1, 0.15) is 10.9 Å². The Hall–Kier alpha value is -1.90. The van der Waals surface area contributed by atoms with Crippen molar-refractivity contribution < 1.29 is 14.7 Å². The molecule has 0 spiro atoms. The number of thiocarbonyl (C=S) groups is 1. The molecule has 2 heterocycles. The van der Waals surface area contributed by atoms with Crippen LogP contribution in [0.3, 0.4) is 0 Å². The molecular weight excluding hydrogens is 436 g/mol. The zero-order valence-corrected chi connectivity index (χ0v) is 17.2. The van der Waals surface area contributed by atoms with Crippen LogP contribution in [0.2, 0.25) is 0 Å². The highest BCUT2D eigenvalue weighted by Gasteiger charge is 2.33. The molecule has 134 valence electrons. The van der Waals surface area contributed by atoms with Gasteiger partial charge in [-0.1, -0.05) is 39.9 Å². The molecule has 8 heteroatoms. The Bertz CT molecular complexity index is 948. The monoisotopic (exact) mass is 450 g/mol. The van der Waals surface area contributed by atoms with Crippen LogP contribution in [-0.4, -0.2) is 37.3 Å². The number of carbonyl (C=O) groups excluding carboxylic acids is 1. The highest BCUT2D eigenvalue weighted by atomic mass is 79.9. The molecule has 0 radical (unpaired) electrons. The van der Waals surface area contributed by atoms with Crippen molar-refractivity contribution in [2.24, 2.45) is 0 Å². The third kappa shape index (κ3) is 3.62. The van der Waals surface area contributed by atoms with E-state index in [4.69, 9.17) is 17.3 Å². The molecule has 2 aromatic rings. The quantitative estimate of drug-likeness (QED) is 0.559. The van der Waals surface area contributed by atoms with Crippen LogP contribution in [0.4, 0.5) is 0 Å². The van der Waals surface area contributed by atoms with E-state index in [1.165, 1.54) is 0 Å². The summed E-state index contributed by atoms with van der Waals surface area (Å²) in [6, 6.07) is 9.98. The molecule has 0 bridgehead atoms. The van der Waals surface area contributed by atoms with Gasteiger partial charge in [0.05, 0.1) is 4.91 Å². The zero-order chi connectivity index (χ0) is 19.0. The summed E-state index contributed by atoms with van der Waals surface area (Å²) in [7, 11) is 0. The van der Waals surface area contributed by atoms with Gasteiger partial charge in [-0.3, -0.25) is 14.5 Å². The van der Waals surface area contributed by atoms with Crippen LogP contribution in [-0.2, 0) is 9.59 Å². The van der Waals surface area contributed by atoms with Crippen molar-refractivity contribution in [1.29, 1.82) is 0 Å². The predicted molar refractivity (Wildman–Crippen MR) is 110 cm³/mol. The van der Waals surface area contributed by atoms with Gasteiger partial charge in [-0.2, -0.15) is 0 Å². The van der Waals surface area contributed by atoms with Crippen molar-refractivity contribution in [3.8, 4) is 5.69 Å². The maximum Gasteiger partial charge on any atom is 0.323 e. The van der Waals surface area contributed by atoms with Crippen LogP contribution in [0, 0.1) is 13.8 Å². The highest BCUT2D eigenvalue weighted by Crippen LogP contribution is 2.34. The Kier molecular flexibility index (Phi) is 5.36. The first-order valence-corrected chi connectivity index (χ1v) is 9.71. The molecule has 1 amide bonds. The molecular formula is C18H15BrN2O3S2. The van der Waals surface area contributed by atoms with Crippen LogP contribution in [0.1, 0.15) is 17.0 Å². The average molecular weight is 451 g/mol. The first-order valence-electron chi connectivity index (χ1n) is 7.70. The van der Waals surface area contributed by atoms with E-state index in [0.717, 1.165) is 43.8 Å². The minimum atomic E-state index is -1.09. The van der Waals surface area contributed by atoms with Crippen molar-refractivity contribution in [2.75, 3.05) is 6.54 Å². The van der Waals surface area contributed by atoms with Crippen LogP contribution in [0.25, 0.3) is 11.8 Å². The molecule has 1 aromatic heterocycles. The Morgan fingerprint density at radius 1 is 1.31 bits per heavy atom. The number of halogens is 1. The number of thioether (sulfide) groups is 1. The maximum absolute atomic E-state index is 12.4. The third-order valence-corrected chi connectivity index (χ3v) is 5.92. The lowest BCUT2D eigenvalue weighted by Gasteiger charge is -2.10. The largest absolute Gasteiger partial charge is 0.480 e. The van der Waals surface area contributed by atoms with E-state index in [2.05, 4.69) is 20.5 Å². The van der Waals surface area contributed by atoms with Crippen molar-refractivity contribution in [2.45, 2.75) is 13.8 Å². The van der Waals surface area contributed by atoms with Crippen molar-refractivity contribution in [3.63, 3.8) is 0 Å². The molecule has 0 saturated carbocycles. The lowest BCUT2D eigenvalue weighted by Crippen LogP contribution is -2.33. The second-order valence-corrected chi connectivity index (χ2v) is 8.39. The minimum absolute atomic E-state index is 0.269. The third-order valence-electron chi connectivity index (χ3n) is 4.01. The van der Waals surface area contributed by atoms with Gasteiger partial charge >= 0.3 is 5.97 Å². The number of hydrogen-bond acceptors (Lipinski definition) is 4. The van der Waals surface area contributed by atoms with Crippen LogP contribution in [0.15, 0.2) is 39.7 Å². The summed E-state index contributed by atoms with van der Waals surface area (Å²) >= 11 is 9.70. The Morgan fingerprint density at radius 2 is 1.96 bits per heavy atom. The van der Waals surface area contributed by atoms with E-state index in [9.17, 15) is 9.59 Å². The van der Waals surface area contributed by atoms with Gasteiger partial charge in [0.2, 0.25) is 0 Å². The summed E-state index contributed by atoms with van der Waals surface area (Å²) in [6.07, 6.45) is 1.78. The molecule has 1 aliphatic rings. The van der Waals surface area contributed by atoms with Crippen LogP contribution >= 0.6 is 39.9 Å². The number of hydrogen-bond donors (Lipinski definition) is 1. The molecule has 1 saturated heterocycles. The Balaban J connectivity index is 1.96. The minimum Gasteiger partial charge on any atom is -0.480 e. The molecule has 0 aliphatic carbocycles. The van der Waals surface area contributed by atoms with Gasteiger partial charge in [-0.05, 0) is 55.8 Å². The van der Waals surface area contributed by atoms with E-state index in [-0.39, 0.29) is 10.2 Å². The number of aryl methyl sites for hydroxylation is 1. The molecule has 26 heavy (non-hydrogen) atoms. The lowest BCUT2D eigenvalue weighted by molar-refractivity contribution is -0.140. The van der Waals surface area contributed by atoms with Crippen LogP contribution in [0.5, 0.6) is 0 Å². The van der Waals surface area contributed by atoms with E-state index < -0.39 is 12.5 Å². The molecule has 0 atom stereocenters. The Labute approximate surface area is 168 Å². The first-order chi connectivity index (χ1) is 12.3. The fraction of sp³-hybridized carbons (Fsp3) is 0.167. The fourth-order valence-corrected chi connectivity index (χ4v) is 4.34. The summed E-state index contributed by atoms with van der Waals surface area (Å²) in [5.41, 5.74) is 3.97. The van der Waals surface area contributed by atoms with E-state index in [1.807, 2.05) is 44.2 Å². The van der Waals surface area contributed by atoms with E-state index >= 15 is 0 Å². The van der Waals surface area contributed by atoms with Gasteiger partial charge in [-0.25, -0.2) is 0 Å². The first kappa shape index (κ1) is 18.9. The van der Waals surface area contributed by atoms with Gasteiger partial charge in [0.25, 0.3) is 5.91 Å². The molecule has 0 unspecified atom stereocenters.